The molecule has 2 aromatic rings. The largest absolute Gasteiger partial charge is 0.454 e. The van der Waals surface area contributed by atoms with E-state index in [0.717, 1.165) is 18.9 Å². The highest BCUT2D eigenvalue weighted by Crippen LogP contribution is 2.40. The molecule has 1 heterocycles. The van der Waals surface area contributed by atoms with E-state index in [1.807, 2.05) is 11.0 Å². The molecule has 1 amide bonds. The Bertz CT molecular complexity index is 1060. The molecule has 0 spiro atoms. The number of carbonyl (C=O) groups excluding carboxylic acids is 2. The van der Waals surface area contributed by atoms with Gasteiger partial charge < -0.3 is 19.3 Å². The van der Waals surface area contributed by atoms with E-state index in [-0.39, 0.29) is 16.2 Å². The van der Waals surface area contributed by atoms with Crippen molar-refractivity contribution < 1.29 is 27.5 Å². The van der Waals surface area contributed by atoms with Crippen LogP contribution in [0.25, 0.3) is 0 Å². The third-order valence-electron chi connectivity index (χ3n) is 4.81. The highest BCUT2D eigenvalue weighted by Gasteiger charge is 2.28. The van der Waals surface area contributed by atoms with Crippen molar-refractivity contribution in [2.24, 2.45) is 5.14 Å². The molecule has 0 atom stereocenters. The first-order valence-corrected chi connectivity index (χ1v) is 11.3. The van der Waals surface area contributed by atoms with Gasteiger partial charge in [0, 0.05) is 27.2 Å². The Balaban J connectivity index is 2.07. The molecule has 31 heavy (non-hydrogen) atoms. The summed E-state index contributed by atoms with van der Waals surface area (Å²) < 4.78 is 35.8. The maximum atomic E-state index is 12.6. The zero-order valence-corrected chi connectivity index (χ0v) is 18.2. The van der Waals surface area contributed by atoms with E-state index in [9.17, 15) is 18.0 Å². The number of hydrogen-bond donors (Lipinski definition) is 1. The van der Waals surface area contributed by atoms with Crippen molar-refractivity contribution in [1.29, 1.82) is 0 Å². The van der Waals surface area contributed by atoms with Gasteiger partial charge in [-0.15, -0.1) is 0 Å². The lowest BCUT2D eigenvalue weighted by molar-refractivity contribution is -0.131. The Morgan fingerprint density at radius 3 is 2.32 bits per heavy atom. The van der Waals surface area contributed by atoms with Gasteiger partial charge in [-0.25, -0.2) is 18.4 Å². The molecule has 9 nitrogen and oxygen atoms in total. The number of nitrogens with two attached hydrogens (primary N) is 1. The summed E-state index contributed by atoms with van der Waals surface area (Å²) in [6, 6.07) is 11.3. The van der Waals surface area contributed by atoms with Crippen molar-refractivity contribution >= 4 is 27.6 Å². The molecule has 10 heteroatoms. The van der Waals surface area contributed by atoms with Crippen LogP contribution >= 0.6 is 0 Å². The third-order valence-corrected chi connectivity index (χ3v) is 5.73. The molecule has 166 valence electrons. The highest BCUT2D eigenvalue weighted by molar-refractivity contribution is 7.89. The lowest BCUT2D eigenvalue weighted by atomic mass is 10.1. The van der Waals surface area contributed by atoms with Crippen LogP contribution in [0.3, 0.4) is 0 Å². The quantitative estimate of drug-likeness (QED) is 0.645. The second-order valence-corrected chi connectivity index (χ2v) is 8.87. The number of primary sulfonamides is 1. The van der Waals surface area contributed by atoms with E-state index in [2.05, 4.69) is 0 Å². The van der Waals surface area contributed by atoms with Gasteiger partial charge in [0.05, 0.1) is 11.3 Å². The van der Waals surface area contributed by atoms with Gasteiger partial charge in [-0.3, -0.25) is 4.79 Å². The number of benzene rings is 2. The number of hydrogen-bond acceptors (Lipinski definition) is 7. The second-order valence-electron chi connectivity index (χ2n) is 7.34. The van der Waals surface area contributed by atoms with Gasteiger partial charge >= 0.3 is 5.97 Å². The summed E-state index contributed by atoms with van der Waals surface area (Å²) >= 11 is 0. The van der Waals surface area contributed by atoms with Crippen LogP contribution in [0.1, 0.15) is 23.2 Å². The first kappa shape index (κ1) is 22.6. The summed E-state index contributed by atoms with van der Waals surface area (Å²) in [5.74, 6) is -0.744. The predicted molar refractivity (Wildman–Crippen MR) is 115 cm³/mol. The summed E-state index contributed by atoms with van der Waals surface area (Å²) in [6.45, 7) is 0.886. The third kappa shape index (κ3) is 5.53. The Morgan fingerprint density at radius 2 is 1.74 bits per heavy atom. The second kappa shape index (κ2) is 9.36. The van der Waals surface area contributed by atoms with Crippen LogP contribution in [-0.4, -0.2) is 59.0 Å². The number of para-hydroxylation sites is 1. The fourth-order valence-electron chi connectivity index (χ4n) is 3.16. The SMILES string of the molecule is CN(C)C(=O)COC(=O)c1cc(N2CCCC2)c(Oc2ccccc2)c(S(N)(=O)=O)c1. The Morgan fingerprint density at radius 1 is 1.10 bits per heavy atom. The molecule has 0 unspecified atom stereocenters. The summed E-state index contributed by atoms with van der Waals surface area (Å²) in [6.07, 6.45) is 1.84. The number of amides is 1. The minimum absolute atomic E-state index is 0.0297. The normalized spacial score (nSPS) is 13.7. The number of sulfonamides is 1. The number of carbonyl (C=O) groups is 2. The van der Waals surface area contributed by atoms with Gasteiger partial charge in [-0.05, 0) is 37.1 Å². The topological polar surface area (TPSA) is 119 Å². The molecule has 1 aliphatic rings. The van der Waals surface area contributed by atoms with Gasteiger partial charge in [0.2, 0.25) is 10.0 Å². The zero-order valence-electron chi connectivity index (χ0n) is 17.4. The number of likely N-dealkylation sites (N-methyl/N-ethyl adjacent to an activating group) is 1. The number of esters is 1. The van der Waals surface area contributed by atoms with Crippen molar-refractivity contribution in [3.8, 4) is 11.5 Å². The molecule has 2 aromatic carbocycles. The van der Waals surface area contributed by atoms with Gasteiger partial charge in [0.25, 0.3) is 5.91 Å². The van der Waals surface area contributed by atoms with Crippen molar-refractivity contribution in [2.45, 2.75) is 17.7 Å². The van der Waals surface area contributed by atoms with Crippen molar-refractivity contribution in [3.05, 3.63) is 48.0 Å². The standard InChI is InChI=1S/C21H25N3O6S/c1-23(2)19(25)14-29-21(26)15-12-17(24-10-6-7-11-24)20(18(13-15)31(22,27)28)30-16-8-4-3-5-9-16/h3-5,8-9,12-13H,6-7,10-11,14H2,1-2H3,(H2,22,27,28). The van der Waals surface area contributed by atoms with E-state index < -0.39 is 28.5 Å². The van der Waals surface area contributed by atoms with Gasteiger partial charge in [0.1, 0.15) is 10.6 Å². The summed E-state index contributed by atoms with van der Waals surface area (Å²) in [5, 5.41) is 5.47. The van der Waals surface area contributed by atoms with Crippen molar-refractivity contribution in [2.75, 3.05) is 38.7 Å². The van der Waals surface area contributed by atoms with E-state index >= 15 is 0 Å². The van der Waals surface area contributed by atoms with Crippen LogP contribution in [0.4, 0.5) is 5.69 Å². The number of ether oxygens (including phenoxy) is 2. The van der Waals surface area contributed by atoms with E-state index in [0.29, 0.717) is 24.5 Å². The fraction of sp³-hybridized carbons (Fsp3) is 0.333. The molecule has 0 aromatic heterocycles. The number of nitrogens with zero attached hydrogens (tertiary/aromatic N) is 2. The maximum Gasteiger partial charge on any atom is 0.338 e. The smallest absolute Gasteiger partial charge is 0.338 e. The summed E-state index contributed by atoms with van der Waals surface area (Å²) in [4.78, 5) is 27.2. The average Bonchev–Trinajstić information content (AvgIpc) is 3.26. The molecule has 1 saturated heterocycles. The Labute approximate surface area is 181 Å². The molecular weight excluding hydrogens is 422 g/mol. The van der Waals surface area contributed by atoms with Crippen LogP contribution in [0, 0.1) is 0 Å². The van der Waals surface area contributed by atoms with Crippen molar-refractivity contribution in [3.63, 3.8) is 0 Å². The van der Waals surface area contributed by atoms with Crippen LogP contribution in [-0.2, 0) is 19.6 Å². The predicted octanol–water partition coefficient (Wildman–Crippen LogP) is 1.97. The average molecular weight is 448 g/mol. The van der Waals surface area contributed by atoms with E-state index in [1.165, 1.54) is 25.1 Å². The fourth-order valence-corrected chi connectivity index (χ4v) is 3.85. The molecule has 3 rings (SSSR count). The maximum absolute atomic E-state index is 12.6. The monoisotopic (exact) mass is 447 g/mol. The molecule has 0 aliphatic carbocycles. The molecule has 1 fully saturated rings. The first-order chi connectivity index (χ1) is 14.7. The molecule has 0 radical (unpaired) electrons. The molecular formula is C21H25N3O6S. The highest BCUT2D eigenvalue weighted by atomic mass is 32.2. The van der Waals surface area contributed by atoms with Crippen LogP contribution in [0.2, 0.25) is 0 Å². The van der Waals surface area contributed by atoms with E-state index in [4.69, 9.17) is 14.6 Å². The van der Waals surface area contributed by atoms with Gasteiger partial charge in [0.15, 0.2) is 12.4 Å². The van der Waals surface area contributed by atoms with Crippen LogP contribution < -0.4 is 14.8 Å². The number of anilines is 1. The summed E-state index contributed by atoms with van der Waals surface area (Å²) in [7, 11) is -1.16. The minimum atomic E-state index is -4.24. The van der Waals surface area contributed by atoms with Crippen LogP contribution in [0.5, 0.6) is 11.5 Å². The van der Waals surface area contributed by atoms with E-state index in [1.54, 1.807) is 24.3 Å². The Hall–Kier alpha value is -3.11. The Kier molecular flexibility index (Phi) is 6.81. The van der Waals surface area contributed by atoms with Gasteiger partial charge in [-0.2, -0.15) is 0 Å². The molecule has 1 aliphatic heterocycles. The summed E-state index contributed by atoms with van der Waals surface area (Å²) in [5.41, 5.74) is 0.400. The molecule has 0 saturated carbocycles. The lowest BCUT2D eigenvalue weighted by Gasteiger charge is -2.24. The van der Waals surface area contributed by atoms with Gasteiger partial charge in [-0.1, -0.05) is 18.2 Å². The molecule has 2 N–H and O–H groups in total. The zero-order chi connectivity index (χ0) is 22.6. The lowest BCUT2D eigenvalue weighted by Crippen LogP contribution is -2.28. The minimum Gasteiger partial charge on any atom is -0.454 e. The van der Waals surface area contributed by atoms with Crippen molar-refractivity contribution in [1.82, 2.24) is 4.90 Å². The molecule has 0 bridgehead atoms. The number of rotatable bonds is 7. The van der Waals surface area contributed by atoms with Crippen LogP contribution in [0.15, 0.2) is 47.4 Å². The first-order valence-electron chi connectivity index (χ1n) is 9.73.